The number of carbonyl (C=O) groups is 3. The van der Waals surface area contributed by atoms with E-state index >= 15 is 0 Å². The Hall–Kier alpha value is -2.44. The number of H-pyrrole nitrogens is 1. The molecule has 0 bridgehead atoms. The van der Waals surface area contributed by atoms with Crippen LogP contribution in [0.2, 0.25) is 0 Å². The number of amides is 1. The minimum atomic E-state index is -1.21. The quantitative estimate of drug-likeness (QED) is 0.195. The van der Waals surface area contributed by atoms with Gasteiger partial charge in [-0.05, 0) is 43.4 Å². The first-order valence-electron chi connectivity index (χ1n) is 12.0. The number of aromatic hydroxyl groups is 1. The number of ether oxygens (including phenoxy) is 1. The SMILES string of the molecule is CN(CCOc1ccc(Cc2sc(=O)[nH]c2O)cc1)C(=O)CCCCC(S)CCSC(=O)CCC(=O)[O-]. The number of likely N-dealkylation sites (N-methyl/N-ethyl adjacent to an activating group) is 1. The van der Waals surface area contributed by atoms with Crippen molar-refractivity contribution < 1.29 is 29.3 Å². The number of rotatable bonds is 17. The van der Waals surface area contributed by atoms with E-state index in [0.29, 0.717) is 42.4 Å². The zero-order chi connectivity index (χ0) is 27.2. The molecule has 1 aromatic carbocycles. The molecule has 1 heterocycles. The molecule has 2 aromatic rings. The van der Waals surface area contributed by atoms with Crippen LogP contribution in [0.15, 0.2) is 29.1 Å². The second-order valence-electron chi connectivity index (χ2n) is 8.55. The van der Waals surface area contributed by atoms with E-state index in [2.05, 4.69) is 17.6 Å². The third-order valence-electron chi connectivity index (χ3n) is 5.54. The molecule has 37 heavy (non-hydrogen) atoms. The molecule has 0 saturated carbocycles. The molecule has 0 radical (unpaired) electrons. The van der Waals surface area contributed by atoms with Gasteiger partial charge in [-0.3, -0.25) is 19.4 Å². The number of carbonyl (C=O) groups excluding carboxylic acids is 3. The Bertz CT molecular complexity index is 1070. The monoisotopic (exact) mass is 569 g/mol. The summed E-state index contributed by atoms with van der Waals surface area (Å²) >= 11 is 6.65. The number of carboxylic acids is 1. The van der Waals surface area contributed by atoms with Crippen LogP contribution in [-0.2, 0) is 20.8 Å². The lowest BCUT2D eigenvalue weighted by Gasteiger charge is -2.18. The number of aliphatic carboxylic acids is 1. The molecule has 0 aliphatic carbocycles. The molecule has 0 fully saturated rings. The zero-order valence-electron chi connectivity index (χ0n) is 20.8. The highest BCUT2D eigenvalue weighted by Crippen LogP contribution is 2.22. The number of aromatic nitrogens is 1. The summed E-state index contributed by atoms with van der Waals surface area (Å²) in [7, 11) is 1.75. The maximum Gasteiger partial charge on any atom is 0.307 e. The number of nitrogens with one attached hydrogen (secondary N) is 1. The molecule has 12 heteroatoms. The number of carboxylic acid groups (broad SMARTS) is 1. The second-order valence-corrected chi connectivity index (χ2v) is 11.5. The number of unbranched alkanes of at least 4 members (excludes halogenated alkanes) is 1. The van der Waals surface area contributed by atoms with E-state index in [0.717, 1.165) is 54.3 Å². The number of hydrogen-bond donors (Lipinski definition) is 3. The third kappa shape index (κ3) is 12.6. The summed E-state index contributed by atoms with van der Waals surface area (Å²) in [5.41, 5.74) is 0.939. The number of thioether (sulfide) groups is 1. The minimum Gasteiger partial charge on any atom is -0.550 e. The Labute approximate surface area is 230 Å². The fraction of sp³-hybridized carbons (Fsp3) is 0.520. The number of thiazole rings is 1. The summed E-state index contributed by atoms with van der Waals surface area (Å²) in [5, 5.41) is 20.1. The van der Waals surface area contributed by atoms with Crippen LogP contribution in [-0.4, -0.2) is 63.2 Å². The van der Waals surface area contributed by atoms with Gasteiger partial charge in [-0.15, -0.1) is 0 Å². The summed E-state index contributed by atoms with van der Waals surface area (Å²) in [6, 6.07) is 7.38. The second kappa shape index (κ2) is 16.4. The zero-order valence-corrected chi connectivity index (χ0v) is 23.3. The fourth-order valence-corrected chi connectivity index (χ4v) is 5.48. The van der Waals surface area contributed by atoms with Crippen LogP contribution in [0.25, 0.3) is 0 Å². The Morgan fingerprint density at radius 1 is 1.16 bits per heavy atom. The molecule has 1 unspecified atom stereocenters. The summed E-state index contributed by atoms with van der Waals surface area (Å²) in [4.78, 5) is 49.9. The van der Waals surface area contributed by atoms with Gasteiger partial charge in [-0.2, -0.15) is 12.6 Å². The Morgan fingerprint density at radius 2 is 1.89 bits per heavy atom. The standard InChI is InChI=1S/C25H34N2O7S3/c1-27(21(28)5-3-2-4-19(35)12-15-36-23(31)11-10-22(29)30)13-14-34-18-8-6-17(7-9-18)16-20-24(32)26-25(33)37-20/h6-9,19,32,35H,2-5,10-16H2,1H3,(H,26,33)(H,29,30)/p-1. The average molecular weight is 570 g/mol. The van der Waals surface area contributed by atoms with E-state index in [1.54, 1.807) is 11.9 Å². The van der Waals surface area contributed by atoms with E-state index in [-0.39, 0.29) is 39.9 Å². The summed E-state index contributed by atoms with van der Waals surface area (Å²) in [5.74, 6) is 0.0197. The van der Waals surface area contributed by atoms with Crippen molar-refractivity contribution in [3.8, 4) is 11.6 Å². The first-order valence-corrected chi connectivity index (χ1v) is 14.4. The fourth-order valence-electron chi connectivity index (χ4n) is 3.36. The Kier molecular flexibility index (Phi) is 13.7. The Balaban J connectivity index is 1.55. The number of hydrogen-bond acceptors (Lipinski definition) is 10. The predicted octanol–water partition coefficient (Wildman–Crippen LogP) is 2.61. The molecule has 0 aliphatic rings. The van der Waals surface area contributed by atoms with Crippen molar-refractivity contribution in [3.63, 3.8) is 0 Å². The average Bonchev–Trinajstić information content (AvgIpc) is 3.17. The highest BCUT2D eigenvalue weighted by molar-refractivity contribution is 8.13. The molecule has 1 atom stereocenters. The lowest BCUT2D eigenvalue weighted by Crippen LogP contribution is -2.30. The highest BCUT2D eigenvalue weighted by atomic mass is 32.2. The summed E-state index contributed by atoms with van der Waals surface area (Å²) < 4.78 is 5.73. The van der Waals surface area contributed by atoms with Crippen LogP contribution in [0.5, 0.6) is 11.6 Å². The largest absolute Gasteiger partial charge is 0.550 e. The van der Waals surface area contributed by atoms with Crippen molar-refractivity contribution in [2.24, 2.45) is 0 Å². The number of benzene rings is 1. The molecular formula is C25H33N2O7S3-. The van der Waals surface area contributed by atoms with Gasteiger partial charge in [-0.1, -0.05) is 41.7 Å². The first-order chi connectivity index (χ1) is 17.6. The molecule has 0 spiro atoms. The summed E-state index contributed by atoms with van der Waals surface area (Å²) in [6.07, 6.45) is 3.84. The van der Waals surface area contributed by atoms with Gasteiger partial charge in [0.2, 0.25) is 11.8 Å². The molecule has 2 rings (SSSR count). The molecule has 1 aromatic heterocycles. The van der Waals surface area contributed by atoms with Gasteiger partial charge in [-0.25, -0.2) is 0 Å². The van der Waals surface area contributed by atoms with E-state index in [9.17, 15) is 29.4 Å². The van der Waals surface area contributed by atoms with Crippen molar-refractivity contribution in [2.45, 2.75) is 56.6 Å². The first kappa shape index (κ1) is 30.8. The van der Waals surface area contributed by atoms with E-state index in [1.165, 1.54) is 0 Å². The Morgan fingerprint density at radius 3 is 2.54 bits per heavy atom. The van der Waals surface area contributed by atoms with E-state index < -0.39 is 5.97 Å². The van der Waals surface area contributed by atoms with E-state index in [4.69, 9.17) is 4.74 Å². The van der Waals surface area contributed by atoms with Crippen molar-refractivity contribution in [1.82, 2.24) is 9.88 Å². The van der Waals surface area contributed by atoms with Crippen molar-refractivity contribution >= 4 is 52.7 Å². The predicted molar refractivity (Wildman–Crippen MR) is 147 cm³/mol. The minimum absolute atomic E-state index is 0.0106. The van der Waals surface area contributed by atoms with E-state index in [1.807, 2.05) is 24.3 Å². The number of nitrogens with zero attached hydrogens (tertiary/aromatic N) is 1. The molecule has 2 N–H and O–H groups in total. The van der Waals surface area contributed by atoms with Crippen LogP contribution in [0, 0.1) is 0 Å². The van der Waals surface area contributed by atoms with Gasteiger partial charge in [0.05, 0.1) is 11.4 Å². The van der Waals surface area contributed by atoms with Crippen LogP contribution in [0.1, 0.15) is 55.4 Å². The van der Waals surface area contributed by atoms with Crippen LogP contribution in [0.4, 0.5) is 0 Å². The molecule has 9 nitrogen and oxygen atoms in total. The lowest BCUT2D eigenvalue weighted by molar-refractivity contribution is -0.305. The van der Waals surface area contributed by atoms with Gasteiger partial charge < -0.3 is 24.6 Å². The number of thiol groups is 1. The molecule has 1 amide bonds. The summed E-state index contributed by atoms with van der Waals surface area (Å²) in [6.45, 7) is 0.823. The van der Waals surface area contributed by atoms with Crippen molar-refractivity contribution in [2.75, 3.05) is 26.0 Å². The topological polar surface area (TPSA) is 140 Å². The number of aromatic amines is 1. The molecular weight excluding hydrogens is 536 g/mol. The highest BCUT2D eigenvalue weighted by Gasteiger charge is 2.11. The lowest BCUT2D eigenvalue weighted by atomic mass is 10.1. The van der Waals surface area contributed by atoms with Crippen LogP contribution >= 0.6 is 35.7 Å². The van der Waals surface area contributed by atoms with Crippen molar-refractivity contribution in [3.05, 3.63) is 44.4 Å². The van der Waals surface area contributed by atoms with Gasteiger partial charge in [0, 0.05) is 43.3 Å². The van der Waals surface area contributed by atoms with Crippen LogP contribution < -0.4 is 14.7 Å². The van der Waals surface area contributed by atoms with Gasteiger partial charge in [0.25, 0.3) is 0 Å². The smallest absolute Gasteiger partial charge is 0.307 e. The maximum absolute atomic E-state index is 12.4. The van der Waals surface area contributed by atoms with Gasteiger partial charge in [0.15, 0.2) is 5.12 Å². The van der Waals surface area contributed by atoms with Crippen molar-refractivity contribution in [1.29, 1.82) is 0 Å². The van der Waals surface area contributed by atoms with Crippen LogP contribution in [0.3, 0.4) is 0 Å². The molecule has 0 aliphatic heterocycles. The molecule has 204 valence electrons. The maximum atomic E-state index is 12.4. The normalized spacial score (nSPS) is 11.7. The van der Waals surface area contributed by atoms with Gasteiger partial charge in [0.1, 0.15) is 12.4 Å². The van der Waals surface area contributed by atoms with Gasteiger partial charge >= 0.3 is 4.87 Å². The third-order valence-corrected chi connectivity index (χ3v) is 7.89. The molecule has 0 saturated heterocycles.